The molecule has 0 aliphatic carbocycles. The SMILES string of the molecule is CC(C)COC(=O)N1CCN(c2cc(Cl)ncn2)CC1. The summed E-state index contributed by atoms with van der Waals surface area (Å²) in [6.45, 7) is 7.17. The number of halogens is 1. The van der Waals surface area contributed by atoms with E-state index >= 15 is 0 Å². The van der Waals surface area contributed by atoms with Crippen molar-refractivity contribution in [1.82, 2.24) is 14.9 Å². The van der Waals surface area contributed by atoms with Gasteiger partial charge in [0.05, 0.1) is 6.61 Å². The Morgan fingerprint density at radius 1 is 1.35 bits per heavy atom. The number of carbonyl (C=O) groups excluding carboxylic acids is 1. The van der Waals surface area contributed by atoms with Crippen molar-refractivity contribution in [3.8, 4) is 0 Å². The number of hydrogen-bond donors (Lipinski definition) is 0. The van der Waals surface area contributed by atoms with Gasteiger partial charge in [-0.05, 0) is 5.92 Å². The van der Waals surface area contributed by atoms with Gasteiger partial charge in [0.15, 0.2) is 0 Å². The first-order chi connectivity index (χ1) is 9.56. The predicted octanol–water partition coefficient (Wildman–Crippen LogP) is 2.04. The zero-order chi connectivity index (χ0) is 14.5. The topological polar surface area (TPSA) is 58.6 Å². The van der Waals surface area contributed by atoms with Crippen LogP contribution in [-0.2, 0) is 4.74 Å². The summed E-state index contributed by atoms with van der Waals surface area (Å²) >= 11 is 5.85. The van der Waals surface area contributed by atoms with Crippen molar-refractivity contribution in [1.29, 1.82) is 0 Å². The van der Waals surface area contributed by atoms with E-state index < -0.39 is 0 Å². The Balaban J connectivity index is 1.84. The fraction of sp³-hybridized carbons (Fsp3) is 0.615. The van der Waals surface area contributed by atoms with Crippen molar-refractivity contribution >= 4 is 23.5 Å². The molecule has 1 fully saturated rings. The first-order valence-corrected chi connectivity index (χ1v) is 7.08. The summed E-state index contributed by atoms with van der Waals surface area (Å²) < 4.78 is 5.22. The fourth-order valence-electron chi connectivity index (χ4n) is 1.94. The van der Waals surface area contributed by atoms with Gasteiger partial charge in [0.2, 0.25) is 0 Å². The predicted molar refractivity (Wildman–Crippen MR) is 77.0 cm³/mol. The second kappa shape index (κ2) is 6.74. The van der Waals surface area contributed by atoms with Gasteiger partial charge in [0.25, 0.3) is 0 Å². The molecule has 6 nitrogen and oxygen atoms in total. The molecule has 7 heteroatoms. The van der Waals surface area contributed by atoms with E-state index in [1.165, 1.54) is 6.33 Å². The van der Waals surface area contributed by atoms with Crippen molar-refractivity contribution < 1.29 is 9.53 Å². The molecule has 20 heavy (non-hydrogen) atoms. The number of hydrogen-bond acceptors (Lipinski definition) is 5. The van der Waals surface area contributed by atoms with Crippen molar-refractivity contribution in [2.45, 2.75) is 13.8 Å². The summed E-state index contributed by atoms with van der Waals surface area (Å²) in [5.74, 6) is 1.14. The Kier molecular flexibility index (Phi) is 5.00. The van der Waals surface area contributed by atoms with Crippen LogP contribution < -0.4 is 4.90 Å². The molecule has 1 aromatic heterocycles. The van der Waals surface area contributed by atoms with Crippen LogP contribution in [0.5, 0.6) is 0 Å². The van der Waals surface area contributed by atoms with E-state index in [-0.39, 0.29) is 6.09 Å². The third-order valence-electron chi connectivity index (χ3n) is 3.02. The average molecular weight is 299 g/mol. The normalized spacial score (nSPS) is 15.6. The van der Waals surface area contributed by atoms with Crippen molar-refractivity contribution in [2.24, 2.45) is 5.92 Å². The van der Waals surface area contributed by atoms with Gasteiger partial charge < -0.3 is 14.5 Å². The molecule has 1 amide bonds. The molecule has 0 unspecified atom stereocenters. The molecule has 110 valence electrons. The summed E-state index contributed by atoms with van der Waals surface area (Å²) in [4.78, 5) is 23.7. The fourth-order valence-corrected chi connectivity index (χ4v) is 2.09. The highest BCUT2D eigenvalue weighted by Crippen LogP contribution is 2.16. The minimum atomic E-state index is -0.237. The molecule has 1 aliphatic rings. The Hall–Kier alpha value is -1.56. The number of carbonyl (C=O) groups is 1. The van der Waals surface area contributed by atoms with Gasteiger partial charge in [0.1, 0.15) is 17.3 Å². The van der Waals surface area contributed by atoms with Crippen LogP contribution >= 0.6 is 11.6 Å². The van der Waals surface area contributed by atoms with Crippen molar-refractivity contribution in [3.63, 3.8) is 0 Å². The maximum atomic E-state index is 11.8. The van der Waals surface area contributed by atoms with Gasteiger partial charge in [-0.2, -0.15) is 0 Å². The summed E-state index contributed by atoms with van der Waals surface area (Å²) in [7, 11) is 0. The van der Waals surface area contributed by atoms with Crippen LogP contribution in [0.1, 0.15) is 13.8 Å². The lowest BCUT2D eigenvalue weighted by Crippen LogP contribution is -2.49. The number of ether oxygens (including phenoxy) is 1. The van der Waals surface area contributed by atoms with E-state index in [0.717, 1.165) is 5.82 Å². The minimum Gasteiger partial charge on any atom is -0.449 e. The largest absolute Gasteiger partial charge is 0.449 e. The van der Waals surface area contributed by atoms with Crippen molar-refractivity contribution in [2.75, 3.05) is 37.7 Å². The highest BCUT2D eigenvalue weighted by atomic mass is 35.5. The number of anilines is 1. The molecule has 0 N–H and O–H groups in total. The van der Waals surface area contributed by atoms with E-state index in [0.29, 0.717) is 43.9 Å². The monoisotopic (exact) mass is 298 g/mol. The lowest BCUT2D eigenvalue weighted by Gasteiger charge is -2.34. The Labute approximate surface area is 123 Å². The average Bonchev–Trinajstić information content (AvgIpc) is 2.45. The smallest absolute Gasteiger partial charge is 0.409 e. The van der Waals surface area contributed by atoms with E-state index in [1.807, 2.05) is 13.8 Å². The summed E-state index contributed by atoms with van der Waals surface area (Å²) in [6, 6.07) is 1.73. The zero-order valence-electron chi connectivity index (χ0n) is 11.8. The molecule has 0 spiro atoms. The molecule has 1 aromatic rings. The minimum absolute atomic E-state index is 0.237. The van der Waals surface area contributed by atoms with Gasteiger partial charge in [-0.15, -0.1) is 0 Å². The summed E-state index contributed by atoms with van der Waals surface area (Å²) in [5.41, 5.74) is 0. The van der Waals surface area contributed by atoms with E-state index in [2.05, 4.69) is 14.9 Å². The van der Waals surface area contributed by atoms with Crippen LogP contribution in [0.15, 0.2) is 12.4 Å². The van der Waals surface area contributed by atoms with Crippen LogP contribution in [0.25, 0.3) is 0 Å². The maximum absolute atomic E-state index is 11.8. The molecule has 0 radical (unpaired) electrons. The molecule has 0 atom stereocenters. The van der Waals surface area contributed by atoms with Crippen LogP contribution in [0, 0.1) is 5.92 Å². The summed E-state index contributed by atoms with van der Waals surface area (Å²) in [6.07, 6.45) is 1.21. The zero-order valence-corrected chi connectivity index (χ0v) is 12.5. The molecule has 0 saturated carbocycles. The number of aromatic nitrogens is 2. The van der Waals surface area contributed by atoms with Gasteiger partial charge in [-0.1, -0.05) is 25.4 Å². The quantitative estimate of drug-likeness (QED) is 0.799. The molecule has 0 aromatic carbocycles. The molecule has 2 rings (SSSR count). The Morgan fingerprint density at radius 2 is 2.05 bits per heavy atom. The number of piperazine rings is 1. The third kappa shape index (κ3) is 3.96. The van der Waals surface area contributed by atoms with Gasteiger partial charge in [0, 0.05) is 32.2 Å². The highest BCUT2D eigenvalue weighted by Gasteiger charge is 2.23. The number of nitrogens with zero attached hydrogens (tertiary/aromatic N) is 4. The highest BCUT2D eigenvalue weighted by molar-refractivity contribution is 6.29. The Morgan fingerprint density at radius 3 is 2.65 bits per heavy atom. The number of amides is 1. The maximum Gasteiger partial charge on any atom is 0.409 e. The van der Waals surface area contributed by atoms with E-state index in [9.17, 15) is 4.79 Å². The second-order valence-corrected chi connectivity index (χ2v) is 5.53. The van der Waals surface area contributed by atoms with Gasteiger partial charge >= 0.3 is 6.09 Å². The molecular formula is C13H19ClN4O2. The molecule has 1 saturated heterocycles. The molecule has 1 aliphatic heterocycles. The lowest BCUT2D eigenvalue weighted by atomic mass is 10.2. The van der Waals surface area contributed by atoms with Crippen LogP contribution in [0.2, 0.25) is 5.15 Å². The summed E-state index contributed by atoms with van der Waals surface area (Å²) in [5, 5.41) is 0.425. The van der Waals surface area contributed by atoms with Gasteiger partial charge in [-0.25, -0.2) is 14.8 Å². The first-order valence-electron chi connectivity index (χ1n) is 6.70. The third-order valence-corrected chi connectivity index (χ3v) is 3.23. The van der Waals surface area contributed by atoms with Crippen molar-refractivity contribution in [3.05, 3.63) is 17.5 Å². The number of rotatable bonds is 3. The second-order valence-electron chi connectivity index (χ2n) is 5.14. The lowest BCUT2D eigenvalue weighted by molar-refractivity contribution is 0.0901. The van der Waals surface area contributed by atoms with Crippen LogP contribution in [0.3, 0.4) is 0 Å². The van der Waals surface area contributed by atoms with E-state index in [4.69, 9.17) is 16.3 Å². The van der Waals surface area contributed by atoms with Crippen LogP contribution in [0.4, 0.5) is 10.6 Å². The molecular weight excluding hydrogens is 280 g/mol. The first kappa shape index (κ1) is 14.8. The van der Waals surface area contributed by atoms with Gasteiger partial charge in [-0.3, -0.25) is 0 Å². The molecule has 0 bridgehead atoms. The Bertz CT molecular complexity index is 461. The standard InChI is InChI=1S/C13H19ClN4O2/c1-10(2)8-20-13(19)18-5-3-17(4-6-18)12-7-11(14)15-9-16-12/h7,9-10H,3-6,8H2,1-2H3. The van der Waals surface area contributed by atoms with E-state index in [1.54, 1.807) is 11.0 Å². The van der Waals surface area contributed by atoms with Crippen LogP contribution in [-0.4, -0.2) is 53.7 Å². The molecule has 2 heterocycles.